The maximum absolute atomic E-state index is 13.4. The number of amides is 1. The molecule has 0 fully saturated rings. The number of benzene rings is 3. The van der Waals surface area contributed by atoms with E-state index >= 15 is 0 Å². The van der Waals surface area contributed by atoms with Gasteiger partial charge in [-0.2, -0.15) is 26.3 Å². The van der Waals surface area contributed by atoms with Gasteiger partial charge in [-0.25, -0.2) is 4.68 Å². The molecule has 0 unspecified atom stereocenters. The third-order valence-corrected chi connectivity index (χ3v) is 7.02. The van der Waals surface area contributed by atoms with Crippen LogP contribution in [0.15, 0.2) is 82.7 Å². The molecule has 0 bridgehead atoms. The molecule has 0 aliphatic rings. The molecule has 13 heteroatoms. The second kappa shape index (κ2) is 11.3. The van der Waals surface area contributed by atoms with Crippen LogP contribution in [0.25, 0.3) is 0 Å². The number of alkyl halides is 6. The summed E-state index contributed by atoms with van der Waals surface area (Å²) in [6, 6.07) is 16.9. The second-order valence-corrected chi connectivity index (χ2v) is 9.95. The Bertz CT molecular complexity index is 1440. The van der Waals surface area contributed by atoms with Gasteiger partial charge in [0.25, 0.3) is 5.91 Å². The van der Waals surface area contributed by atoms with Crippen molar-refractivity contribution >= 4 is 29.3 Å². The first kappa shape index (κ1) is 28.5. The maximum atomic E-state index is 13.4. The van der Waals surface area contributed by atoms with E-state index in [1.165, 1.54) is 11.9 Å². The number of aromatic nitrogens is 3. The molecule has 4 aromatic rings. The molecule has 39 heavy (non-hydrogen) atoms. The molecule has 5 nitrogen and oxygen atoms in total. The quantitative estimate of drug-likeness (QED) is 0.212. The molecule has 0 saturated heterocycles. The zero-order valence-corrected chi connectivity index (χ0v) is 21.7. The number of rotatable bonds is 7. The molecule has 1 heterocycles. The largest absolute Gasteiger partial charge is 0.416 e. The van der Waals surface area contributed by atoms with Crippen LogP contribution >= 0.6 is 23.4 Å². The monoisotopic (exact) mass is 584 g/mol. The Kier molecular flexibility index (Phi) is 8.26. The van der Waals surface area contributed by atoms with Gasteiger partial charge in [0, 0.05) is 23.5 Å². The number of carbonyl (C=O) groups excluding carboxylic acids is 1. The van der Waals surface area contributed by atoms with Gasteiger partial charge in [0.2, 0.25) is 0 Å². The number of hydrogen-bond acceptors (Lipinski definition) is 4. The van der Waals surface area contributed by atoms with Gasteiger partial charge >= 0.3 is 12.4 Å². The van der Waals surface area contributed by atoms with Gasteiger partial charge in [0.05, 0.1) is 17.7 Å². The van der Waals surface area contributed by atoms with Crippen LogP contribution in [0, 0.1) is 0 Å². The van der Waals surface area contributed by atoms with Crippen molar-refractivity contribution in [3.63, 3.8) is 0 Å². The summed E-state index contributed by atoms with van der Waals surface area (Å²) < 4.78 is 81.4. The van der Waals surface area contributed by atoms with E-state index in [1.54, 1.807) is 54.6 Å². The molecule has 0 radical (unpaired) electrons. The Labute approximate surface area is 228 Å². The summed E-state index contributed by atoms with van der Waals surface area (Å²) in [5.74, 6) is -0.556. The van der Waals surface area contributed by atoms with Crippen molar-refractivity contribution in [2.45, 2.75) is 35.4 Å². The molecule has 0 N–H and O–H groups in total. The van der Waals surface area contributed by atoms with Crippen molar-refractivity contribution in [2.75, 3.05) is 7.05 Å². The minimum absolute atomic E-state index is 0.0586. The molecule has 4 rings (SSSR count). The first-order chi connectivity index (χ1) is 18.3. The lowest BCUT2D eigenvalue weighted by molar-refractivity contribution is -0.143. The fourth-order valence-electron chi connectivity index (χ4n) is 3.66. The fraction of sp³-hybridized carbons (Fsp3) is 0.192. The van der Waals surface area contributed by atoms with Gasteiger partial charge in [-0.15, -0.1) is 5.10 Å². The van der Waals surface area contributed by atoms with E-state index in [-0.39, 0.29) is 28.9 Å². The molecule has 204 valence electrons. The highest BCUT2D eigenvalue weighted by molar-refractivity contribution is 7.99. The molecule has 1 aromatic heterocycles. The van der Waals surface area contributed by atoms with Crippen LogP contribution in [0.3, 0.4) is 0 Å². The van der Waals surface area contributed by atoms with Crippen molar-refractivity contribution in [3.05, 3.63) is 106 Å². The van der Waals surface area contributed by atoms with E-state index in [0.29, 0.717) is 27.6 Å². The van der Waals surface area contributed by atoms with Gasteiger partial charge in [0.15, 0.2) is 5.69 Å². The number of hydrogen-bond donors (Lipinski definition) is 0. The normalized spacial score (nSPS) is 12.0. The van der Waals surface area contributed by atoms with Crippen molar-refractivity contribution < 1.29 is 31.1 Å². The van der Waals surface area contributed by atoms with E-state index in [9.17, 15) is 31.1 Å². The van der Waals surface area contributed by atoms with Crippen LogP contribution in [0.5, 0.6) is 0 Å². The van der Waals surface area contributed by atoms with E-state index in [0.717, 1.165) is 16.4 Å². The van der Waals surface area contributed by atoms with Gasteiger partial charge in [-0.3, -0.25) is 4.79 Å². The number of nitrogens with zero attached hydrogens (tertiary/aromatic N) is 4. The SMILES string of the molecule is CN(Cc1ccccc1Cl)C(=O)c1nnn(Cc2cc(C(F)(F)F)cc(C(F)(F)F)c2)c1Sc1ccccc1. The van der Waals surface area contributed by atoms with Crippen molar-refractivity contribution in [2.24, 2.45) is 0 Å². The zero-order valence-electron chi connectivity index (χ0n) is 20.1. The van der Waals surface area contributed by atoms with Crippen LogP contribution in [-0.4, -0.2) is 32.8 Å². The van der Waals surface area contributed by atoms with E-state index in [1.807, 2.05) is 0 Å². The highest BCUT2D eigenvalue weighted by atomic mass is 35.5. The highest BCUT2D eigenvalue weighted by Gasteiger charge is 2.37. The number of halogens is 7. The predicted molar refractivity (Wildman–Crippen MR) is 133 cm³/mol. The lowest BCUT2D eigenvalue weighted by atomic mass is 10.0. The summed E-state index contributed by atoms with van der Waals surface area (Å²) >= 11 is 7.27. The molecule has 0 spiro atoms. The van der Waals surface area contributed by atoms with E-state index < -0.39 is 35.9 Å². The van der Waals surface area contributed by atoms with Crippen LogP contribution < -0.4 is 0 Å². The van der Waals surface area contributed by atoms with Gasteiger partial charge in [-0.1, -0.05) is 65.0 Å². The van der Waals surface area contributed by atoms with Crippen molar-refractivity contribution in [3.8, 4) is 0 Å². The molecule has 0 aliphatic heterocycles. The fourth-order valence-corrected chi connectivity index (χ4v) is 4.80. The third kappa shape index (κ3) is 6.93. The average Bonchev–Trinajstić information content (AvgIpc) is 3.26. The molecule has 3 aromatic carbocycles. The van der Waals surface area contributed by atoms with Crippen LogP contribution in [-0.2, 0) is 25.4 Å². The lowest BCUT2D eigenvalue weighted by Gasteiger charge is -2.18. The first-order valence-electron chi connectivity index (χ1n) is 11.3. The smallest absolute Gasteiger partial charge is 0.336 e. The second-order valence-electron chi connectivity index (χ2n) is 8.48. The predicted octanol–water partition coefficient (Wildman–Crippen LogP) is 7.44. The minimum atomic E-state index is -5.00. The van der Waals surface area contributed by atoms with E-state index in [4.69, 9.17) is 11.6 Å². The minimum Gasteiger partial charge on any atom is -0.336 e. The van der Waals surface area contributed by atoms with Crippen LogP contribution in [0.2, 0.25) is 5.02 Å². The summed E-state index contributed by atoms with van der Waals surface area (Å²) in [7, 11) is 1.52. The molecular weight excluding hydrogens is 566 g/mol. The zero-order chi connectivity index (χ0) is 28.4. The summed E-state index contributed by atoms with van der Waals surface area (Å²) in [5.41, 5.74) is -2.63. The Morgan fingerprint density at radius 3 is 2.10 bits per heavy atom. The molecular formula is C26H19ClF6N4OS. The molecule has 0 aliphatic carbocycles. The van der Waals surface area contributed by atoms with Crippen LogP contribution in [0.1, 0.15) is 32.7 Å². The Morgan fingerprint density at radius 1 is 0.923 bits per heavy atom. The number of carbonyl (C=O) groups is 1. The molecule has 0 saturated carbocycles. The molecule has 0 atom stereocenters. The van der Waals surface area contributed by atoms with E-state index in [2.05, 4.69) is 10.3 Å². The lowest BCUT2D eigenvalue weighted by Crippen LogP contribution is -2.27. The average molecular weight is 585 g/mol. The summed E-state index contributed by atoms with van der Waals surface area (Å²) in [5, 5.41) is 8.49. The standard InChI is InChI=1S/C26H19ClF6N4OS/c1-36(15-17-7-5-6-10-21(17)27)23(38)22-24(39-20-8-3-2-4-9-20)37(35-34-22)14-16-11-18(25(28,29)30)13-19(12-16)26(31,32)33/h2-13H,14-15H2,1H3. The van der Waals surface area contributed by atoms with Crippen LogP contribution in [0.4, 0.5) is 26.3 Å². The molecule has 1 amide bonds. The van der Waals surface area contributed by atoms with Crippen molar-refractivity contribution in [1.29, 1.82) is 0 Å². The third-order valence-electron chi connectivity index (χ3n) is 5.54. The van der Waals surface area contributed by atoms with Gasteiger partial charge < -0.3 is 4.90 Å². The summed E-state index contributed by atoms with van der Waals surface area (Å²) in [4.78, 5) is 15.4. The topological polar surface area (TPSA) is 51.0 Å². The Hall–Kier alpha value is -3.51. The summed E-state index contributed by atoms with van der Waals surface area (Å²) in [6.07, 6.45) is -9.99. The van der Waals surface area contributed by atoms with Gasteiger partial charge in [0.1, 0.15) is 5.03 Å². The summed E-state index contributed by atoms with van der Waals surface area (Å²) in [6.45, 7) is -0.361. The Balaban J connectivity index is 1.73. The highest BCUT2D eigenvalue weighted by Crippen LogP contribution is 2.37. The Morgan fingerprint density at radius 2 is 1.51 bits per heavy atom. The van der Waals surface area contributed by atoms with Gasteiger partial charge in [-0.05, 0) is 47.5 Å². The maximum Gasteiger partial charge on any atom is 0.416 e. The first-order valence-corrected chi connectivity index (χ1v) is 12.5. The van der Waals surface area contributed by atoms with Crippen molar-refractivity contribution in [1.82, 2.24) is 19.9 Å².